The van der Waals surface area contributed by atoms with Crippen molar-refractivity contribution >= 4 is 52.0 Å². The topological polar surface area (TPSA) is 179 Å². The summed E-state index contributed by atoms with van der Waals surface area (Å²) in [7, 11) is 0. The number of aromatic nitrogens is 5. The molecule has 14 nitrogen and oxygen atoms in total. The second kappa shape index (κ2) is 14.2. The van der Waals surface area contributed by atoms with E-state index < -0.39 is 11.9 Å². The molecule has 2 aromatic carbocycles. The van der Waals surface area contributed by atoms with Crippen LogP contribution in [0.4, 0.5) is 17.3 Å². The van der Waals surface area contributed by atoms with Crippen molar-refractivity contribution < 1.29 is 19.2 Å². The van der Waals surface area contributed by atoms with Gasteiger partial charge in [-0.05, 0) is 67.6 Å². The number of hydrogen-bond donors (Lipinski definition) is 5. The zero-order valence-electron chi connectivity index (χ0n) is 27.7. The highest BCUT2D eigenvalue weighted by molar-refractivity contribution is 6.07. The van der Waals surface area contributed by atoms with Gasteiger partial charge in [-0.25, -0.2) is 4.98 Å². The number of H-pyrrole nitrogens is 1. The van der Waals surface area contributed by atoms with Crippen LogP contribution in [0.1, 0.15) is 65.3 Å². The van der Waals surface area contributed by atoms with E-state index >= 15 is 0 Å². The third kappa shape index (κ3) is 6.77. The van der Waals surface area contributed by atoms with Crippen LogP contribution in [0.3, 0.4) is 0 Å². The minimum atomic E-state index is -0.647. The van der Waals surface area contributed by atoms with Gasteiger partial charge in [0, 0.05) is 72.9 Å². The molecule has 0 bridgehead atoms. The van der Waals surface area contributed by atoms with E-state index in [0.717, 1.165) is 59.4 Å². The maximum atomic E-state index is 13.3. The summed E-state index contributed by atoms with van der Waals surface area (Å²) in [6.07, 6.45) is 8.68. The minimum absolute atomic E-state index is 0.167. The first-order chi connectivity index (χ1) is 24.4. The number of aromatic amines is 1. The number of benzene rings is 2. The van der Waals surface area contributed by atoms with E-state index in [1.165, 1.54) is 0 Å². The molecule has 1 atom stereocenters. The molecule has 5 N–H and O–H groups in total. The van der Waals surface area contributed by atoms with E-state index in [1.807, 2.05) is 59.7 Å². The number of unbranched alkanes of at least 4 members (excludes halogenated alkanes) is 1. The van der Waals surface area contributed by atoms with Gasteiger partial charge in [-0.2, -0.15) is 10.1 Å². The smallest absolute Gasteiger partial charge is 0.257 e. The zero-order valence-corrected chi connectivity index (χ0v) is 27.7. The van der Waals surface area contributed by atoms with Crippen molar-refractivity contribution in [3.05, 3.63) is 83.8 Å². The van der Waals surface area contributed by atoms with E-state index in [1.54, 1.807) is 17.0 Å². The van der Waals surface area contributed by atoms with Gasteiger partial charge < -0.3 is 25.8 Å². The van der Waals surface area contributed by atoms with Gasteiger partial charge in [-0.1, -0.05) is 19.1 Å². The predicted octanol–water partition coefficient (Wildman–Crippen LogP) is 4.36. The fourth-order valence-corrected chi connectivity index (χ4v) is 6.43. The van der Waals surface area contributed by atoms with Crippen LogP contribution in [0.5, 0.6) is 0 Å². The molecule has 4 amide bonds. The summed E-state index contributed by atoms with van der Waals surface area (Å²) in [6.45, 7) is 4.38. The normalized spacial score (nSPS) is 15.7. The van der Waals surface area contributed by atoms with Crippen molar-refractivity contribution in [1.29, 1.82) is 0 Å². The van der Waals surface area contributed by atoms with Gasteiger partial charge >= 0.3 is 0 Å². The number of imide groups is 1. The van der Waals surface area contributed by atoms with Crippen LogP contribution in [0, 0.1) is 0 Å². The monoisotopic (exact) mass is 674 g/mol. The highest BCUT2D eigenvalue weighted by atomic mass is 16.2. The molecule has 0 radical (unpaired) electrons. The molecule has 0 aliphatic carbocycles. The van der Waals surface area contributed by atoms with Crippen molar-refractivity contribution in [2.45, 2.75) is 58.2 Å². The number of anilines is 3. The number of carbonyl (C=O) groups excluding carboxylic acids is 4. The van der Waals surface area contributed by atoms with E-state index in [-0.39, 0.29) is 24.1 Å². The summed E-state index contributed by atoms with van der Waals surface area (Å²) < 4.78 is 1.91. The van der Waals surface area contributed by atoms with Crippen LogP contribution in [-0.2, 0) is 22.7 Å². The van der Waals surface area contributed by atoms with Crippen molar-refractivity contribution in [3.8, 4) is 11.3 Å². The second-order valence-electron chi connectivity index (χ2n) is 12.5. The average Bonchev–Trinajstić information content (AvgIpc) is 3.86. The average molecular weight is 675 g/mol. The zero-order chi connectivity index (χ0) is 34.6. The lowest BCUT2D eigenvalue weighted by Gasteiger charge is -2.29. The van der Waals surface area contributed by atoms with E-state index in [4.69, 9.17) is 4.98 Å². The standard InChI is InChI=1S/C36H38N10O4/c1-2-18-45-20-24(19-40-45)31-26-14-17-38-32(26)44-36(43-31)41-25-10-8-22(9-11-25)33(48)39-16-4-3-15-37-27-7-5-6-23-21-46(35(50)30(23)27)28-12-13-29(47)42-34(28)49/h5-11,14,17,19-20,28,37H,2-4,12-13,15-16,18,21H2,1H3,(H,39,48)(H,42,47,49)(H2,38,41,43,44). The largest absolute Gasteiger partial charge is 0.384 e. The molecule has 7 rings (SSSR count). The van der Waals surface area contributed by atoms with E-state index in [9.17, 15) is 19.2 Å². The highest BCUT2D eigenvalue weighted by Crippen LogP contribution is 2.32. The third-order valence-electron chi connectivity index (χ3n) is 8.94. The fraction of sp³-hybridized carbons (Fsp3) is 0.306. The Morgan fingerprint density at radius 1 is 1.02 bits per heavy atom. The van der Waals surface area contributed by atoms with Gasteiger partial charge in [0.05, 0.1) is 17.5 Å². The summed E-state index contributed by atoms with van der Waals surface area (Å²) in [5.74, 6) is -0.673. The Labute approximate surface area is 288 Å². The maximum absolute atomic E-state index is 13.3. The molecule has 0 saturated carbocycles. The number of fused-ring (bicyclic) bond motifs is 2. The lowest BCUT2D eigenvalue weighted by Crippen LogP contribution is -2.52. The first-order valence-electron chi connectivity index (χ1n) is 16.9. The Bertz CT molecular complexity index is 2070. The first kappa shape index (κ1) is 32.5. The second-order valence-corrected chi connectivity index (χ2v) is 12.5. The quantitative estimate of drug-likeness (QED) is 0.0897. The Hall–Kier alpha value is -6.05. The molecule has 1 fully saturated rings. The number of nitrogens with zero attached hydrogens (tertiary/aromatic N) is 5. The van der Waals surface area contributed by atoms with Crippen LogP contribution < -0.4 is 21.3 Å². The van der Waals surface area contributed by atoms with Gasteiger partial charge in [0.15, 0.2) is 0 Å². The molecular weight excluding hydrogens is 636 g/mol. The number of piperidine rings is 1. The number of aryl methyl sites for hydroxylation is 1. The minimum Gasteiger partial charge on any atom is -0.384 e. The Balaban J connectivity index is 0.885. The molecule has 14 heteroatoms. The van der Waals surface area contributed by atoms with Gasteiger partial charge in [-0.15, -0.1) is 0 Å². The Kier molecular flexibility index (Phi) is 9.23. The van der Waals surface area contributed by atoms with E-state index in [2.05, 4.69) is 43.3 Å². The summed E-state index contributed by atoms with van der Waals surface area (Å²) in [5.41, 5.74) is 5.84. The summed E-state index contributed by atoms with van der Waals surface area (Å²) in [5, 5.41) is 17.3. The number of hydrogen-bond acceptors (Lipinski definition) is 9. The molecule has 0 spiro atoms. The van der Waals surface area contributed by atoms with Crippen molar-refractivity contribution in [3.63, 3.8) is 0 Å². The SMILES string of the molecule is CCCn1cc(-c2nc(Nc3ccc(C(=O)NCCCCNc4cccc5c4C(=O)N(C4CCC(=O)NC4=O)C5)cc3)nc3[nH]ccc23)cn1. The van der Waals surface area contributed by atoms with Crippen LogP contribution in [0.15, 0.2) is 67.1 Å². The first-order valence-corrected chi connectivity index (χ1v) is 16.9. The molecule has 256 valence electrons. The molecule has 2 aliphatic heterocycles. The van der Waals surface area contributed by atoms with Gasteiger partial charge in [0.25, 0.3) is 11.8 Å². The molecule has 1 unspecified atom stereocenters. The molecular formula is C36H38N10O4. The maximum Gasteiger partial charge on any atom is 0.257 e. The lowest BCUT2D eigenvalue weighted by molar-refractivity contribution is -0.136. The van der Waals surface area contributed by atoms with Crippen LogP contribution in [-0.4, -0.2) is 72.4 Å². The molecule has 50 heavy (non-hydrogen) atoms. The Morgan fingerprint density at radius 2 is 1.86 bits per heavy atom. The number of rotatable bonds is 13. The molecule has 3 aromatic heterocycles. The number of carbonyl (C=O) groups is 4. The lowest BCUT2D eigenvalue weighted by atomic mass is 10.0. The van der Waals surface area contributed by atoms with Crippen LogP contribution in [0.2, 0.25) is 0 Å². The fourth-order valence-electron chi connectivity index (χ4n) is 6.43. The van der Waals surface area contributed by atoms with Gasteiger partial charge in [0.1, 0.15) is 11.7 Å². The van der Waals surface area contributed by atoms with Gasteiger partial charge in [-0.3, -0.25) is 29.2 Å². The molecule has 5 aromatic rings. The summed E-state index contributed by atoms with van der Waals surface area (Å²) in [4.78, 5) is 64.2. The number of amides is 4. The summed E-state index contributed by atoms with van der Waals surface area (Å²) in [6, 6.07) is 14.1. The van der Waals surface area contributed by atoms with Crippen molar-refractivity contribution in [1.82, 2.24) is 40.3 Å². The van der Waals surface area contributed by atoms with Gasteiger partial charge in [0.2, 0.25) is 17.8 Å². The molecule has 5 heterocycles. The highest BCUT2D eigenvalue weighted by Gasteiger charge is 2.40. The van der Waals surface area contributed by atoms with Crippen LogP contribution >= 0.6 is 0 Å². The third-order valence-corrected chi connectivity index (χ3v) is 8.94. The number of nitrogens with one attached hydrogen (secondary N) is 5. The molecule has 2 aliphatic rings. The summed E-state index contributed by atoms with van der Waals surface area (Å²) >= 11 is 0. The Morgan fingerprint density at radius 3 is 2.68 bits per heavy atom. The molecule has 1 saturated heterocycles. The predicted molar refractivity (Wildman–Crippen MR) is 188 cm³/mol. The van der Waals surface area contributed by atoms with Crippen molar-refractivity contribution in [2.75, 3.05) is 23.7 Å². The van der Waals surface area contributed by atoms with E-state index in [0.29, 0.717) is 48.8 Å². The van der Waals surface area contributed by atoms with Crippen LogP contribution in [0.25, 0.3) is 22.3 Å². The van der Waals surface area contributed by atoms with Crippen molar-refractivity contribution in [2.24, 2.45) is 0 Å².